The van der Waals surface area contributed by atoms with Gasteiger partial charge in [0.15, 0.2) is 6.10 Å². The Morgan fingerprint density at radius 3 is 2.50 bits per heavy atom. The lowest BCUT2D eigenvalue weighted by atomic mass is 9.70. The molecule has 1 aromatic rings. The highest BCUT2D eigenvalue weighted by atomic mass is 19.1. The summed E-state index contributed by atoms with van der Waals surface area (Å²) in [5.41, 5.74) is -0.423. The van der Waals surface area contributed by atoms with Crippen molar-refractivity contribution >= 4 is 11.8 Å². The lowest BCUT2D eigenvalue weighted by molar-refractivity contribution is -0.187. The number of nitrogens with zero attached hydrogens (tertiary/aromatic N) is 2. The summed E-state index contributed by atoms with van der Waals surface area (Å²) in [4.78, 5) is 29.8. The average molecular weight is 446 g/mol. The van der Waals surface area contributed by atoms with Crippen molar-refractivity contribution < 1.29 is 18.7 Å². The van der Waals surface area contributed by atoms with Gasteiger partial charge in [0.1, 0.15) is 18.1 Å². The molecule has 176 valence electrons. The molecule has 1 spiro atoms. The lowest BCUT2D eigenvalue weighted by Crippen LogP contribution is -2.77. The van der Waals surface area contributed by atoms with Gasteiger partial charge in [0.25, 0.3) is 5.91 Å². The van der Waals surface area contributed by atoms with Crippen molar-refractivity contribution in [1.82, 2.24) is 15.1 Å². The Bertz CT molecular complexity index is 786. The molecule has 0 radical (unpaired) electrons. The van der Waals surface area contributed by atoms with E-state index in [1.54, 1.807) is 17.0 Å². The topological polar surface area (TPSA) is 61.9 Å². The van der Waals surface area contributed by atoms with E-state index >= 15 is 0 Å². The first kappa shape index (κ1) is 23.0. The Kier molecular flexibility index (Phi) is 7.33. The maximum absolute atomic E-state index is 13.2. The van der Waals surface area contributed by atoms with Crippen LogP contribution in [0.4, 0.5) is 4.39 Å². The van der Waals surface area contributed by atoms with Gasteiger partial charge in [-0.2, -0.15) is 0 Å². The summed E-state index contributed by atoms with van der Waals surface area (Å²) < 4.78 is 19.2. The number of rotatable bonds is 8. The van der Waals surface area contributed by atoms with Crippen molar-refractivity contribution in [2.75, 3.05) is 32.7 Å². The minimum atomic E-state index is -0.593. The third kappa shape index (κ3) is 4.92. The summed E-state index contributed by atoms with van der Waals surface area (Å²) in [6.07, 6.45) is 7.65. The standard InChI is InChI=1S/C25H36FN3O3/c1-2-28-16-11-19(12-17-28)10-15-27-22(30)18-29-24(31)23(25(29)13-4-3-5-14-25)32-21-8-6-20(26)7-9-21/h6-9,19,23H,2-5,10-18H2,1H3,(H,27,30). The van der Waals surface area contributed by atoms with E-state index in [0.29, 0.717) is 18.2 Å². The van der Waals surface area contributed by atoms with Crippen molar-refractivity contribution in [2.45, 2.75) is 69.9 Å². The van der Waals surface area contributed by atoms with Crippen molar-refractivity contribution in [1.29, 1.82) is 0 Å². The van der Waals surface area contributed by atoms with Crippen LogP contribution in [0.5, 0.6) is 5.75 Å². The third-order valence-electron chi connectivity index (χ3n) is 7.63. The van der Waals surface area contributed by atoms with Gasteiger partial charge in [-0.3, -0.25) is 9.59 Å². The number of nitrogens with one attached hydrogen (secondary N) is 1. The second-order valence-corrected chi connectivity index (χ2v) is 9.56. The largest absolute Gasteiger partial charge is 0.478 e. The molecule has 1 atom stereocenters. The number of halogens is 1. The fourth-order valence-corrected chi connectivity index (χ4v) is 5.61. The predicted molar refractivity (Wildman–Crippen MR) is 121 cm³/mol. The number of amides is 2. The van der Waals surface area contributed by atoms with Crippen LogP contribution < -0.4 is 10.1 Å². The van der Waals surface area contributed by atoms with Crippen LogP contribution in [0.3, 0.4) is 0 Å². The van der Waals surface area contributed by atoms with E-state index in [0.717, 1.165) is 58.2 Å². The van der Waals surface area contributed by atoms with Crippen molar-refractivity contribution in [2.24, 2.45) is 5.92 Å². The van der Waals surface area contributed by atoms with Gasteiger partial charge in [-0.25, -0.2) is 4.39 Å². The van der Waals surface area contributed by atoms with E-state index < -0.39 is 11.6 Å². The highest BCUT2D eigenvalue weighted by Gasteiger charge is 2.62. The summed E-state index contributed by atoms with van der Waals surface area (Å²) in [6, 6.07) is 5.78. The number of piperidine rings is 1. The van der Waals surface area contributed by atoms with E-state index in [2.05, 4.69) is 17.1 Å². The van der Waals surface area contributed by atoms with E-state index in [4.69, 9.17) is 4.74 Å². The number of likely N-dealkylation sites (tertiary alicyclic amines) is 2. The molecular formula is C25H36FN3O3. The molecule has 3 aliphatic rings. The zero-order valence-corrected chi connectivity index (χ0v) is 19.2. The summed E-state index contributed by atoms with van der Waals surface area (Å²) in [7, 11) is 0. The molecule has 0 aromatic heterocycles. The van der Waals surface area contributed by atoms with Gasteiger partial charge in [0, 0.05) is 6.54 Å². The number of carbonyl (C=O) groups excluding carboxylic acids is 2. The number of hydrogen-bond acceptors (Lipinski definition) is 4. The zero-order chi connectivity index (χ0) is 22.6. The second-order valence-electron chi connectivity index (χ2n) is 9.56. The first-order valence-corrected chi connectivity index (χ1v) is 12.2. The first-order valence-electron chi connectivity index (χ1n) is 12.2. The Morgan fingerprint density at radius 1 is 1.16 bits per heavy atom. The first-order chi connectivity index (χ1) is 15.5. The molecule has 1 N–H and O–H groups in total. The molecule has 0 bridgehead atoms. The predicted octanol–water partition coefficient (Wildman–Crippen LogP) is 3.36. The van der Waals surface area contributed by atoms with Gasteiger partial charge >= 0.3 is 0 Å². The van der Waals surface area contributed by atoms with Crippen LogP contribution in [0.2, 0.25) is 0 Å². The minimum absolute atomic E-state index is 0.0884. The van der Waals surface area contributed by atoms with Gasteiger partial charge in [0.2, 0.25) is 5.91 Å². The fraction of sp³-hybridized carbons (Fsp3) is 0.680. The summed E-state index contributed by atoms with van der Waals surface area (Å²) >= 11 is 0. The highest BCUT2D eigenvalue weighted by molar-refractivity contribution is 5.94. The Labute approximate surface area is 190 Å². The van der Waals surface area contributed by atoms with Gasteiger partial charge < -0.3 is 19.9 Å². The molecule has 1 unspecified atom stereocenters. The normalized spacial score (nSPS) is 23.8. The molecule has 4 rings (SSSR count). The lowest BCUT2D eigenvalue weighted by Gasteiger charge is -2.58. The van der Waals surface area contributed by atoms with Crippen LogP contribution in [-0.2, 0) is 9.59 Å². The number of ether oxygens (including phenoxy) is 1. The van der Waals surface area contributed by atoms with Crippen molar-refractivity contribution in [3.05, 3.63) is 30.1 Å². The SMILES string of the molecule is CCN1CCC(CCNC(=O)CN2C(=O)C(Oc3ccc(F)cc3)C23CCCCC3)CC1. The smallest absolute Gasteiger partial charge is 0.267 e. The van der Waals surface area contributed by atoms with E-state index in [1.807, 2.05) is 0 Å². The van der Waals surface area contributed by atoms with Crippen LogP contribution in [0.25, 0.3) is 0 Å². The van der Waals surface area contributed by atoms with Crippen molar-refractivity contribution in [3.8, 4) is 5.75 Å². The molecule has 2 saturated heterocycles. The van der Waals surface area contributed by atoms with Gasteiger partial charge in [-0.15, -0.1) is 0 Å². The summed E-state index contributed by atoms with van der Waals surface area (Å²) in [5, 5.41) is 3.04. The number of hydrogen-bond donors (Lipinski definition) is 1. The van der Waals surface area contributed by atoms with Crippen LogP contribution in [0, 0.1) is 11.7 Å². The zero-order valence-electron chi connectivity index (χ0n) is 19.2. The van der Waals surface area contributed by atoms with Crippen LogP contribution in [0.1, 0.15) is 58.3 Å². The highest BCUT2D eigenvalue weighted by Crippen LogP contribution is 2.45. The summed E-state index contributed by atoms with van der Waals surface area (Å²) in [5.74, 6) is 0.599. The van der Waals surface area contributed by atoms with Crippen molar-refractivity contribution in [3.63, 3.8) is 0 Å². The monoisotopic (exact) mass is 445 g/mol. The average Bonchev–Trinajstić information content (AvgIpc) is 2.83. The molecule has 2 heterocycles. The summed E-state index contributed by atoms with van der Waals surface area (Å²) in [6.45, 7) is 6.37. The van der Waals surface area contributed by atoms with E-state index in [9.17, 15) is 14.0 Å². The molecule has 7 heteroatoms. The van der Waals surface area contributed by atoms with Crippen LogP contribution in [-0.4, -0.2) is 66.0 Å². The van der Waals surface area contributed by atoms with Crippen LogP contribution >= 0.6 is 0 Å². The molecule has 1 aromatic carbocycles. The molecule has 1 aliphatic carbocycles. The Balaban J connectivity index is 1.29. The maximum atomic E-state index is 13.2. The van der Waals surface area contributed by atoms with Gasteiger partial charge in [-0.1, -0.05) is 26.2 Å². The molecule has 32 heavy (non-hydrogen) atoms. The molecule has 1 saturated carbocycles. The second kappa shape index (κ2) is 10.2. The van der Waals surface area contributed by atoms with Gasteiger partial charge in [0.05, 0.1) is 5.54 Å². The third-order valence-corrected chi connectivity index (χ3v) is 7.63. The van der Waals surface area contributed by atoms with Crippen LogP contribution in [0.15, 0.2) is 24.3 Å². The molecular weight excluding hydrogens is 409 g/mol. The maximum Gasteiger partial charge on any atom is 0.267 e. The molecule has 6 nitrogen and oxygen atoms in total. The fourth-order valence-electron chi connectivity index (χ4n) is 5.61. The number of benzene rings is 1. The molecule has 2 amide bonds. The number of carbonyl (C=O) groups is 2. The van der Waals surface area contributed by atoms with Gasteiger partial charge in [-0.05, 0) is 81.9 Å². The minimum Gasteiger partial charge on any atom is -0.478 e. The molecule has 2 aliphatic heterocycles. The molecule has 3 fully saturated rings. The number of β-lactam (4-membered cyclic amide) rings is 1. The quantitative estimate of drug-likeness (QED) is 0.624. The Morgan fingerprint density at radius 2 is 1.84 bits per heavy atom. The van der Waals surface area contributed by atoms with E-state index in [1.165, 1.54) is 25.0 Å². The van der Waals surface area contributed by atoms with E-state index in [-0.39, 0.29) is 24.2 Å². The Hall–Kier alpha value is -2.15.